The first kappa shape index (κ1) is 12.6. The zero-order valence-corrected chi connectivity index (χ0v) is 10.9. The Morgan fingerprint density at radius 3 is 2.67 bits per heavy atom. The van der Waals surface area contributed by atoms with Gasteiger partial charge in [-0.3, -0.25) is 0 Å². The molecule has 2 rings (SSSR count). The van der Waals surface area contributed by atoms with E-state index in [1.54, 1.807) is 7.11 Å². The molecule has 1 aromatic carbocycles. The van der Waals surface area contributed by atoms with Gasteiger partial charge in [0.15, 0.2) is 5.76 Å². The number of methoxy groups -OCH3 is 1. The largest absolute Gasteiger partial charge is 0.496 e. The van der Waals surface area contributed by atoms with Crippen LogP contribution in [-0.2, 0) is 6.54 Å². The molecule has 0 amide bonds. The summed E-state index contributed by atoms with van der Waals surface area (Å²) in [4.78, 5) is 0. The molecule has 0 atom stereocenters. The number of nitrogens with zero attached hydrogens (tertiary/aromatic N) is 1. The summed E-state index contributed by atoms with van der Waals surface area (Å²) in [5.41, 5.74) is 8.42. The molecule has 4 heteroatoms. The van der Waals surface area contributed by atoms with E-state index in [4.69, 9.17) is 15.0 Å². The van der Waals surface area contributed by atoms with E-state index < -0.39 is 0 Å². The highest BCUT2D eigenvalue weighted by molar-refractivity contribution is 5.61. The zero-order chi connectivity index (χ0) is 13.1. The van der Waals surface area contributed by atoms with E-state index in [0.717, 1.165) is 28.3 Å². The summed E-state index contributed by atoms with van der Waals surface area (Å²) in [6, 6.07) is 7.86. The molecule has 96 valence electrons. The second kappa shape index (κ2) is 5.23. The van der Waals surface area contributed by atoms with Crippen molar-refractivity contribution in [1.82, 2.24) is 5.16 Å². The van der Waals surface area contributed by atoms with Gasteiger partial charge in [-0.05, 0) is 29.7 Å². The summed E-state index contributed by atoms with van der Waals surface area (Å²) in [6.45, 7) is 4.65. The first-order valence-electron chi connectivity index (χ1n) is 5.99. The third kappa shape index (κ3) is 2.38. The third-order valence-electron chi connectivity index (χ3n) is 2.90. The molecule has 2 aromatic rings. The SMILES string of the molecule is COc1ccc(-c2cc(CN)no2)cc1C(C)C. The van der Waals surface area contributed by atoms with Gasteiger partial charge in [-0.25, -0.2) is 0 Å². The van der Waals surface area contributed by atoms with Crippen molar-refractivity contribution in [2.45, 2.75) is 26.3 Å². The first-order chi connectivity index (χ1) is 8.65. The van der Waals surface area contributed by atoms with Crippen LogP contribution in [0.1, 0.15) is 31.0 Å². The lowest BCUT2D eigenvalue weighted by molar-refractivity contribution is 0.407. The molecule has 0 saturated heterocycles. The van der Waals surface area contributed by atoms with Crippen molar-refractivity contribution in [2.24, 2.45) is 5.73 Å². The Labute approximate surface area is 107 Å². The normalized spacial score (nSPS) is 10.9. The minimum atomic E-state index is 0.386. The molecule has 0 unspecified atom stereocenters. The summed E-state index contributed by atoms with van der Waals surface area (Å²) in [5, 5.41) is 3.90. The van der Waals surface area contributed by atoms with Gasteiger partial charge in [0, 0.05) is 18.2 Å². The maximum atomic E-state index is 5.52. The Bertz CT molecular complexity index is 532. The average Bonchev–Trinajstić information content (AvgIpc) is 2.86. The highest BCUT2D eigenvalue weighted by atomic mass is 16.5. The van der Waals surface area contributed by atoms with E-state index >= 15 is 0 Å². The molecule has 0 spiro atoms. The van der Waals surface area contributed by atoms with Crippen LogP contribution in [0.2, 0.25) is 0 Å². The van der Waals surface area contributed by atoms with Gasteiger partial charge >= 0.3 is 0 Å². The third-order valence-corrected chi connectivity index (χ3v) is 2.90. The molecule has 18 heavy (non-hydrogen) atoms. The molecule has 0 aliphatic carbocycles. The van der Waals surface area contributed by atoms with Crippen molar-refractivity contribution in [3.8, 4) is 17.1 Å². The van der Waals surface area contributed by atoms with E-state index in [9.17, 15) is 0 Å². The second-order valence-electron chi connectivity index (χ2n) is 4.50. The fourth-order valence-electron chi connectivity index (χ4n) is 1.88. The molecular formula is C14H18N2O2. The number of aromatic nitrogens is 1. The number of benzene rings is 1. The van der Waals surface area contributed by atoms with E-state index in [-0.39, 0.29) is 0 Å². The molecule has 0 bridgehead atoms. The van der Waals surface area contributed by atoms with Gasteiger partial charge in [-0.1, -0.05) is 19.0 Å². The lowest BCUT2D eigenvalue weighted by atomic mass is 9.98. The van der Waals surface area contributed by atoms with Gasteiger partial charge in [0.05, 0.1) is 12.8 Å². The Morgan fingerprint density at radius 1 is 1.33 bits per heavy atom. The Balaban J connectivity index is 2.42. The van der Waals surface area contributed by atoms with Crippen molar-refractivity contribution < 1.29 is 9.26 Å². The highest BCUT2D eigenvalue weighted by Gasteiger charge is 2.12. The van der Waals surface area contributed by atoms with Crippen LogP contribution in [0.15, 0.2) is 28.8 Å². The standard InChI is InChI=1S/C14H18N2O2/c1-9(2)12-6-10(4-5-13(12)17-3)14-7-11(8-15)16-18-14/h4-7,9H,8,15H2,1-3H3. The number of nitrogens with two attached hydrogens (primary N) is 1. The van der Waals surface area contributed by atoms with Crippen LogP contribution in [0.5, 0.6) is 5.75 Å². The fraction of sp³-hybridized carbons (Fsp3) is 0.357. The molecule has 2 N–H and O–H groups in total. The summed E-state index contributed by atoms with van der Waals surface area (Å²) in [7, 11) is 1.68. The maximum absolute atomic E-state index is 5.52. The maximum Gasteiger partial charge on any atom is 0.167 e. The second-order valence-corrected chi connectivity index (χ2v) is 4.50. The first-order valence-corrected chi connectivity index (χ1v) is 5.99. The number of rotatable bonds is 4. The number of hydrogen-bond acceptors (Lipinski definition) is 4. The van der Waals surface area contributed by atoms with E-state index in [2.05, 4.69) is 25.1 Å². The smallest absolute Gasteiger partial charge is 0.167 e. The van der Waals surface area contributed by atoms with Crippen molar-refractivity contribution in [1.29, 1.82) is 0 Å². The molecule has 1 aromatic heterocycles. The van der Waals surface area contributed by atoms with Gasteiger partial charge in [-0.2, -0.15) is 0 Å². The van der Waals surface area contributed by atoms with Crippen molar-refractivity contribution in [3.63, 3.8) is 0 Å². The van der Waals surface area contributed by atoms with Crippen molar-refractivity contribution in [2.75, 3.05) is 7.11 Å². The molecule has 4 nitrogen and oxygen atoms in total. The van der Waals surface area contributed by atoms with E-state index in [0.29, 0.717) is 12.5 Å². The van der Waals surface area contributed by atoms with E-state index in [1.165, 1.54) is 0 Å². The van der Waals surface area contributed by atoms with Crippen LogP contribution in [0.25, 0.3) is 11.3 Å². The summed E-state index contributed by atoms with van der Waals surface area (Å²) >= 11 is 0. The molecule has 0 saturated carbocycles. The van der Waals surface area contributed by atoms with Crippen LogP contribution in [0.3, 0.4) is 0 Å². The molecule has 0 aliphatic heterocycles. The lowest BCUT2D eigenvalue weighted by Crippen LogP contribution is -1.95. The van der Waals surface area contributed by atoms with Gasteiger partial charge in [-0.15, -0.1) is 0 Å². The predicted molar refractivity (Wildman–Crippen MR) is 70.5 cm³/mol. The van der Waals surface area contributed by atoms with Crippen molar-refractivity contribution >= 4 is 0 Å². The van der Waals surface area contributed by atoms with Crippen LogP contribution in [0, 0.1) is 0 Å². The zero-order valence-electron chi connectivity index (χ0n) is 10.9. The Hall–Kier alpha value is -1.81. The molecule has 0 fully saturated rings. The molecular weight excluding hydrogens is 228 g/mol. The van der Waals surface area contributed by atoms with Crippen LogP contribution in [0.4, 0.5) is 0 Å². The quantitative estimate of drug-likeness (QED) is 0.901. The lowest BCUT2D eigenvalue weighted by Gasteiger charge is -2.12. The van der Waals surface area contributed by atoms with E-state index in [1.807, 2.05) is 18.2 Å². The molecule has 0 radical (unpaired) electrons. The fourth-order valence-corrected chi connectivity index (χ4v) is 1.88. The number of hydrogen-bond donors (Lipinski definition) is 1. The Kier molecular flexibility index (Phi) is 3.67. The monoisotopic (exact) mass is 246 g/mol. The Morgan fingerprint density at radius 2 is 2.11 bits per heavy atom. The molecule has 1 heterocycles. The van der Waals surface area contributed by atoms with Crippen LogP contribution < -0.4 is 10.5 Å². The van der Waals surface area contributed by atoms with Crippen LogP contribution in [-0.4, -0.2) is 12.3 Å². The van der Waals surface area contributed by atoms with Gasteiger partial charge < -0.3 is 15.0 Å². The number of ether oxygens (including phenoxy) is 1. The minimum absolute atomic E-state index is 0.386. The van der Waals surface area contributed by atoms with Gasteiger partial charge in [0.25, 0.3) is 0 Å². The van der Waals surface area contributed by atoms with Crippen molar-refractivity contribution in [3.05, 3.63) is 35.5 Å². The highest BCUT2D eigenvalue weighted by Crippen LogP contribution is 2.31. The van der Waals surface area contributed by atoms with Gasteiger partial charge in [0.2, 0.25) is 0 Å². The predicted octanol–water partition coefficient (Wildman–Crippen LogP) is 2.93. The topological polar surface area (TPSA) is 61.3 Å². The molecule has 0 aliphatic rings. The summed E-state index contributed by atoms with van der Waals surface area (Å²) < 4.78 is 10.6. The summed E-state index contributed by atoms with van der Waals surface area (Å²) in [6.07, 6.45) is 0. The summed E-state index contributed by atoms with van der Waals surface area (Å²) in [5.74, 6) is 2.02. The van der Waals surface area contributed by atoms with Gasteiger partial charge in [0.1, 0.15) is 5.75 Å². The minimum Gasteiger partial charge on any atom is -0.496 e. The van der Waals surface area contributed by atoms with Crippen LogP contribution >= 0.6 is 0 Å². The average molecular weight is 246 g/mol.